The van der Waals surface area contributed by atoms with Gasteiger partial charge in [0.25, 0.3) is 0 Å². The molecule has 6 heteroatoms. The number of aryl methyl sites for hydroxylation is 1. The minimum atomic E-state index is -0.229. The Balaban J connectivity index is 1.41. The van der Waals surface area contributed by atoms with Gasteiger partial charge in [-0.25, -0.2) is 0 Å². The van der Waals surface area contributed by atoms with Crippen LogP contribution in [-0.2, 0) is 27.4 Å². The third-order valence-corrected chi connectivity index (χ3v) is 5.52. The largest absolute Gasteiger partial charge is 0.468 e. The van der Waals surface area contributed by atoms with Gasteiger partial charge in [0.2, 0.25) is 0 Å². The van der Waals surface area contributed by atoms with Gasteiger partial charge in [0, 0.05) is 48.3 Å². The van der Waals surface area contributed by atoms with Crippen molar-refractivity contribution in [3.8, 4) is 5.75 Å². The van der Waals surface area contributed by atoms with E-state index in [1.165, 1.54) is 0 Å². The molecule has 4 aromatic rings. The van der Waals surface area contributed by atoms with Gasteiger partial charge in [-0.1, -0.05) is 48.5 Å². The van der Waals surface area contributed by atoms with Crippen LogP contribution < -0.4 is 4.74 Å². The Hall–Kier alpha value is -3.90. The second-order valence-corrected chi connectivity index (χ2v) is 7.91. The first-order valence-corrected chi connectivity index (χ1v) is 11.2. The molecule has 0 spiro atoms. The van der Waals surface area contributed by atoms with E-state index in [1.54, 1.807) is 31.4 Å². The predicted molar refractivity (Wildman–Crippen MR) is 130 cm³/mol. The van der Waals surface area contributed by atoms with Gasteiger partial charge in [-0.3, -0.25) is 9.59 Å². The van der Waals surface area contributed by atoms with Gasteiger partial charge in [-0.05, 0) is 42.3 Å². The number of carbonyl (C=O) groups is 2. The SMILES string of the molecule is COCOc1ccc(C(=O)c2cn(CCCC(=O)OCc3ccccc3)c3ccccc23)cc1. The average molecular weight is 458 g/mol. The topological polar surface area (TPSA) is 66.8 Å². The van der Waals surface area contributed by atoms with Gasteiger partial charge in [0.1, 0.15) is 12.4 Å². The summed E-state index contributed by atoms with van der Waals surface area (Å²) < 4.78 is 17.7. The lowest BCUT2D eigenvalue weighted by molar-refractivity contribution is -0.145. The summed E-state index contributed by atoms with van der Waals surface area (Å²) in [5.41, 5.74) is 3.14. The number of benzene rings is 3. The number of fused-ring (bicyclic) bond motifs is 1. The highest BCUT2D eigenvalue weighted by molar-refractivity contribution is 6.16. The molecule has 0 aliphatic carbocycles. The van der Waals surface area contributed by atoms with Crippen molar-refractivity contribution in [2.75, 3.05) is 13.9 Å². The second kappa shape index (κ2) is 11.3. The van der Waals surface area contributed by atoms with Crippen molar-refractivity contribution in [2.24, 2.45) is 0 Å². The standard InChI is InChI=1S/C28H27NO5/c1-32-20-34-23-15-13-22(14-16-23)28(31)25-18-29(26-11-6-5-10-24(25)26)17-7-12-27(30)33-19-21-8-3-2-4-9-21/h2-6,8-11,13-16,18H,7,12,17,19-20H2,1H3. The Bertz CT molecular complexity index is 1250. The van der Waals surface area contributed by atoms with Crippen molar-refractivity contribution < 1.29 is 23.8 Å². The maximum atomic E-state index is 13.2. The average Bonchev–Trinajstić information content (AvgIpc) is 3.25. The zero-order valence-corrected chi connectivity index (χ0v) is 19.1. The highest BCUT2D eigenvalue weighted by Gasteiger charge is 2.17. The minimum Gasteiger partial charge on any atom is -0.468 e. The van der Waals surface area contributed by atoms with E-state index in [-0.39, 0.29) is 25.2 Å². The summed E-state index contributed by atoms with van der Waals surface area (Å²) in [4.78, 5) is 25.4. The molecule has 1 aromatic heterocycles. The van der Waals surface area contributed by atoms with Crippen LogP contribution in [0.1, 0.15) is 34.3 Å². The summed E-state index contributed by atoms with van der Waals surface area (Å²) in [6.07, 6.45) is 2.80. The van der Waals surface area contributed by atoms with Crippen LogP contribution in [0.25, 0.3) is 10.9 Å². The number of para-hydroxylation sites is 1. The van der Waals surface area contributed by atoms with Crippen molar-refractivity contribution in [3.63, 3.8) is 0 Å². The third-order valence-electron chi connectivity index (χ3n) is 5.52. The first kappa shape index (κ1) is 23.3. The Kier molecular flexibility index (Phi) is 7.73. The Labute approximate surface area is 198 Å². The van der Waals surface area contributed by atoms with Crippen molar-refractivity contribution in [2.45, 2.75) is 26.0 Å². The molecule has 0 amide bonds. The molecule has 0 atom stereocenters. The first-order valence-electron chi connectivity index (χ1n) is 11.2. The molecule has 0 saturated carbocycles. The number of ketones is 1. The van der Waals surface area contributed by atoms with Gasteiger partial charge < -0.3 is 18.8 Å². The van der Waals surface area contributed by atoms with Crippen molar-refractivity contribution >= 4 is 22.7 Å². The fraction of sp³-hybridized carbons (Fsp3) is 0.214. The van der Waals surface area contributed by atoms with E-state index in [2.05, 4.69) is 0 Å². The fourth-order valence-electron chi connectivity index (χ4n) is 3.80. The maximum absolute atomic E-state index is 13.2. The van der Waals surface area contributed by atoms with Gasteiger partial charge in [-0.15, -0.1) is 0 Å². The zero-order valence-electron chi connectivity index (χ0n) is 19.1. The van der Waals surface area contributed by atoms with Gasteiger partial charge in [-0.2, -0.15) is 0 Å². The normalized spacial score (nSPS) is 10.9. The zero-order chi connectivity index (χ0) is 23.8. The molecule has 1 heterocycles. The van der Waals surface area contributed by atoms with Crippen LogP contribution in [0.3, 0.4) is 0 Å². The smallest absolute Gasteiger partial charge is 0.306 e. The summed E-state index contributed by atoms with van der Waals surface area (Å²) in [7, 11) is 1.56. The van der Waals surface area contributed by atoms with Crippen LogP contribution in [0, 0.1) is 0 Å². The van der Waals surface area contributed by atoms with E-state index in [9.17, 15) is 9.59 Å². The van der Waals surface area contributed by atoms with E-state index in [0.717, 1.165) is 16.5 Å². The Morgan fingerprint density at radius 2 is 1.62 bits per heavy atom. The van der Waals surface area contributed by atoms with E-state index >= 15 is 0 Å². The number of methoxy groups -OCH3 is 1. The van der Waals surface area contributed by atoms with Crippen molar-refractivity contribution in [1.29, 1.82) is 0 Å². The summed E-state index contributed by atoms with van der Waals surface area (Å²) in [6, 6.07) is 24.4. The van der Waals surface area contributed by atoms with Crippen LogP contribution in [-0.4, -0.2) is 30.2 Å². The number of ether oxygens (including phenoxy) is 3. The van der Waals surface area contributed by atoms with Crippen LogP contribution >= 0.6 is 0 Å². The molecule has 0 radical (unpaired) electrons. The Morgan fingerprint density at radius 3 is 2.38 bits per heavy atom. The lowest BCUT2D eigenvalue weighted by Gasteiger charge is -2.07. The summed E-state index contributed by atoms with van der Waals surface area (Å²) in [6.45, 7) is 1.04. The molecule has 0 N–H and O–H groups in total. The molecule has 0 unspecified atom stereocenters. The number of carbonyl (C=O) groups excluding carboxylic acids is 2. The molecule has 34 heavy (non-hydrogen) atoms. The highest BCUT2D eigenvalue weighted by Crippen LogP contribution is 2.25. The van der Waals surface area contributed by atoms with E-state index in [1.807, 2.05) is 65.4 Å². The molecular formula is C28H27NO5. The monoisotopic (exact) mass is 457 g/mol. The van der Waals surface area contributed by atoms with Crippen molar-refractivity contribution in [1.82, 2.24) is 4.57 Å². The lowest BCUT2D eigenvalue weighted by atomic mass is 10.0. The number of hydrogen-bond donors (Lipinski definition) is 0. The number of hydrogen-bond acceptors (Lipinski definition) is 5. The van der Waals surface area contributed by atoms with Crippen LogP contribution in [0.15, 0.2) is 85.1 Å². The van der Waals surface area contributed by atoms with Crippen LogP contribution in [0.2, 0.25) is 0 Å². The van der Waals surface area contributed by atoms with E-state index < -0.39 is 0 Å². The van der Waals surface area contributed by atoms with Gasteiger partial charge in [0.15, 0.2) is 12.6 Å². The molecule has 3 aromatic carbocycles. The summed E-state index contributed by atoms with van der Waals surface area (Å²) >= 11 is 0. The Morgan fingerprint density at radius 1 is 0.882 bits per heavy atom. The molecule has 174 valence electrons. The maximum Gasteiger partial charge on any atom is 0.306 e. The second-order valence-electron chi connectivity index (χ2n) is 7.91. The van der Waals surface area contributed by atoms with E-state index in [0.29, 0.717) is 36.3 Å². The predicted octanol–water partition coefficient (Wildman–Crippen LogP) is 5.38. The molecule has 4 rings (SSSR count). The third kappa shape index (κ3) is 5.71. The number of esters is 1. The van der Waals surface area contributed by atoms with Gasteiger partial charge >= 0.3 is 5.97 Å². The molecule has 0 bridgehead atoms. The minimum absolute atomic E-state index is 0.0597. The lowest BCUT2D eigenvalue weighted by Crippen LogP contribution is -2.06. The van der Waals surface area contributed by atoms with Crippen LogP contribution in [0.4, 0.5) is 0 Å². The first-order chi connectivity index (χ1) is 16.7. The highest BCUT2D eigenvalue weighted by atomic mass is 16.7. The molecule has 0 fully saturated rings. The molecule has 6 nitrogen and oxygen atoms in total. The number of nitrogens with zero attached hydrogens (tertiary/aromatic N) is 1. The quantitative estimate of drug-likeness (QED) is 0.172. The molecule has 0 aliphatic rings. The fourth-order valence-corrected chi connectivity index (χ4v) is 3.80. The molecule has 0 aliphatic heterocycles. The van der Waals surface area contributed by atoms with Crippen LogP contribution in [0.5, 0.6) is 5.75 Å². The van der Waals surface area contributed by atoms with E-state index in [4.69, 9.17) is 14.2 Å². The summed E-state index contributed by atoms with van der Waals surface area (Å²) in [5, 5.41) is 0.888. The number of rotatable bonds is 11. The molecular weight excluding hydrogens is 430 g/mol. The summed E-state index contributed by atoms with van der Waals surface area (Å²) in [5.74, 6) is 0.350. The molecule has 0 saturated heterocycles. The number of aromatic nitrogens is 1. The van der Waals surface area contributed by atoms with Crippen molar-refractivity contribution in [3.05, 3.63) is 102 Å². The van der Waals surface area contributed by atoms with Gasteiger partial charge in [0.05, 0.1) is 0 Å².